The second-order valence-electron chi connectivity index (χ2n) is 3.46. The van der Waals surface area contributed by atoms with Crippen LogP contribution in [0.4, 0.5) is 17.6 Å². The average molecular weight is 237 g/mol. The summed E-state index contributed by atoms with van der Waals surface area (Å²) in [6.45, 7) is 0. The van der Waals surface area contributed by atoms with E-state index in [1.54, 1.807) is 0 Å². The average Bonchev–Trinajstić information content (AvgIpc) is 2.17. The Morgan fingerprint density at radius 1 is 1.31 bits per heavy atom. The number of aromatic hydroxyl groups is 1. The normalized spacial score (nSPS) is 13.8. The van der Waals surface area contributed by atoms with Crippen LogP contribution in [0.5, 0.6) is 5.75 Å². The molecule has 0 saturated carbocycles. The molecule has 0 fully saturated rings. The predicted octanol–water partition coefficient (Wildman–Crippen LogP) is 2.87. The first-order valence-corrected chi connectivity index (χ1v) is 4.60. The maximum absolute atomic E-state index is 12.8. The minimum Gasteiger partial charge on any atom is -0.508 e. The third-order valence-electron chi connectivity index (χ3n) is 2.13. The van der Waals surface area contributed by atoms with E-state index in [0.29, 0.717) is 0 Å². The number of hydrogen-bond donors (Lipinski definition) is 2. The number of phenolic OH excluding ortho intramolecular Hbond substituents is 1. The summed E-state index contributed by atoms with van der Waals surface area (Å²) in [7, 11) is 0. The van der Waals surface area contributed by atoms with Gasteiger partial charge in [0.05, 0.1) is 0 Å². The van der Waals surface area contributed by atoms with Crippen LogP contribution in [0.15, 0.2) is 18.2 Å². The molecule has 1 aromatic rings. The van der Waals surface area contributed by atoms with Gasteiger partial charge in [-0.1, -0.05) is 0 Å². The molecule has 0 aliphatic carbocycles. The van der Waals surface area contributed by atoms with Gasteiger partial charge in [0.2, 0.25) is 0 Å². The lowest BCUT2D eigenvalue weighted by Crippen LogP contribution is -2.16. The van der Waals surface area contributed by atoms with E-state index in [9.17, 15) is 22.7 Å². The summed E-state index contributed by atoms with van der Waals surface area (Å²) in [6.07, 6.45) is -5.76. The number of halogens is 4. The largest absolute Gasteiger partial charge is 0.508 e. The Hall–Kier alpha value is -1.30. The first-order chi connectivity index (χ1) is 7.29. The van der Waals surface area contributed by atoms with Crippen LogP contribution in [-0.4, -0.2) is 11.3 Å². The fourth-order valence-electron chi connectivity index (χ4n) is 1.30. The molecule has 2 nitrogen and oxygen atoms in total. The van der Waals surface area contributed by atoms with Gasteiger partial charge in [0.1, 0.15) is 11.6 Å². The smallest absolute Gasteiger partial charge is 0.389 e. The highest BCUT2D eigenvalue weighted by Gasteiger charge is 2.28. The quantitative estimate of drug-likeness (QED) is 0.794. The fourth-order valence-corrected chi connectivity index (χ4v) is 1.30. The molecule has 0 unspecified atom stereocenters. The van der Waals surface area contributed by atoms with Crippen molar-refractivity contribution in [2.24, 2.45) is 5.73 Å². The summed E-state index contributed by atoms with van der Waals surface area (Å²) >= 11 is 0. The number of rotatable bonds is 3. The van der Waals surface area contributed by atoms with E-state index in [1.165, 1.54) is 0 Å². The molecule has 16 heavy (non-hydrogen) atoms. The van der Waals surface area contributed by atoms with Crippen molar-refractivity contribution < 1.29 is 22.7 Å². The predicted molar refractivity (Wildman–Crippen MR) is 50.3 cm³/mol. The van der Waals surface area contributed by atoms with Crippen molar-refractivity contribution >= 4 is 0 Å². The molecule has 1 rings (SSSR count). The van der Waals surface area contributed by atoms with E-state index in [2.05, 4.69) is 0 Å². The lowest BCUT2D eigenvalue weighted by atomic mass is 10.0. The number of benzene rings is 1. The molecule has 0 saturated heterocycles. The monoisotopic (exact) mass is 237 g/mol. The van der Waals surface area contributed by atoms with Gasteiger partial charge in [-0.15, -0.1) is 0 Å². The van der Waals surface area contributed by atoms with Gasteiger partial charge in [-0.05, 0) is 24.6 Å². The molecule has 0 aliphatic heterocycles. The van der Waals surface area contributed by atoms with Gasteiger partial charge in [0, 0.05) is 18.0 Å². The van der Waals surface area contributed by atoms with Crippen molar-refractivity contribution in [3.05, 3.63) is 29.6 Å². The molecule has 6 heteroatoms. The second kappa shape index (κ2) is 4.69. The van der Waals surface area contributed by atoms with E-state index in [0.717, 1.165) is 18.2 Å². The molecule has 0 aromatic heterocycles. The third kappa shape index (κ3) is 3.69. The van der Waals surface area contributed by atoms with Crippen molar-refractivity contribution in [2.45, 2.75) is 25.1 Å². The van der Waals surface area contributed by atoms with Crippen molar-refractivity contribution in [1.82, 2.24) is 0 Å². The van der Waals surface area contributed by atoms with Gasteiger partial charge in [0.25, 0.3) is 0 Å². The molecular formula is C10H11F4NO. The number of nitrogens with two attached hydrogens (primary N) is 1. The Morgan fingerprint density at radius 2 is 1.94 bits per heavy atom. The van der Waals surface area contributed by atoms with Crippen LogP contribution in [-0.2, 0) is 0 Å². The van der Waals surface area contributed by atoms with Gasteiger partial charge in [-0.2, -0.15) is 13.2 Å². The van der Waals surface area contributed by atoms with Crippen LogP contribution >= 0.6 is 0 Å². The fraction of sp³-hybridized carbons (Fsp3) is 0.400. The van der Waals surface area contributed by atoms with Gasteiger partial charge in [0.15, 0.2) is 0 Å². The summed E-state index contributed by atoms with van der Waals surface area (Å²) in [5.74, 6) is -0.939. The van der Waals surface area contributed by atoms with Gasteiger partial charge in [-0.3, -0.25) is 0 Å². The molecule has 0 aliphatic rings. The summed E-state index contributed by atoms with van der Waals surface area (Å²) in [5, 5.41) is 9.31. The summed E-state index contributed by atoms with van der Waals surface area (Å²) in [5.41, 5.74) is 5.44. The molecule has 0 bridgehead atoms. The van der Waals surface area contributed by atoms with Crippen LogP contribution in [0.3, 0.4) is 0 Å². The molecule has 0 amide bonds. The van der Waals surface area contributed by atoms with Crippen molar-refractivity contribution in [3.8, 4) is 5.75 Å². The van der Waals surface area contributed by atoms with Gasteiger partial charge < -0.3 is 10.8 Å². The maximum atomic E-state index is 12.8. The SMILES string of the molecule is N[C@@H](CCC(F)(F)F)c1cc(F)ccc1O. The summed E-state index contributed by atoms with van der Waals surface area (Å²) in [6, 6.07) is 1.99. The Bertz CT molecular complexity index is 364. The Labute approximate surface area is 89.7 Å². The molecule has 90 valence electrons. The highest BCUT2D eigenvalue weighted by atomic mass is 19.4. The highest BCUT2D eigenvalue weighted by Crippen LogP contribution is 2.30. The number of hydrogen-bond acceptors (Lipinski definition) is 2. The van der Waals surface area contributed by atoms with Gasteiger partial charge in [-0.25, -0.2) is 4.39 Å². The Kier molecular flexibility index (Phi) is 3.74. The molecular weight excluding hydrogens is 226 g/mol. The Morgan fingerprint density at radius 3 is 2.50 bits per heavy atom. The molecule has 1 aromatic carbocycles. The van der Waals surface area contributed by atoms with E-state index >= 15 is 0 Å². The first kappa shape index (κ1) is 12.8. The van der Waals surface area contributed by atoms with Crippen LogP contribution in [0.25, 0.3) is 0 Å². The minimum absolute atomic E-state index is 0.00995. The maximum Gasteiger partial charge on any atom is 0.389 e. The van der Waals surface area contributed by atoms with E-state index in [4.69, 9.17) is 5.73 Å². The summed E-state index contributed by atoms with van der Waals surface area (Å²) in [4.78, 5) is 0. The van der Waals surface area contributed by atoms with Crippen molar-refractivity contribution in [3.63, 3.8) is 0 Å². The van der Waals surface area contributed by atoms with Crippen LogP contribution in [0.2, 0.25) is 0 Å². The van der Waals surface area contributed by atoms with Crippen molar-refractivity contribution in [2.75, 3.05) is 0 Å². The standard InChI is InChI=1S/C10H11F4NO/c11-6-1-2-9(16)7(5-6)8(15)3-4-10(12,13)14/h1-2,5,8,16H,3-4,15H2/t8-/m0/s1. The molecule has 0 heterocycles. The van der Waals surface area contributed by atoms with E-state index < -0.39 is 24.5 Å². The van der Waals surface area contributed by atoms with E-state index in [-0.39, 0.29) is 17.7 Å². The molecule has 3 N–H and O–H groups in total. The van der Waals surface area contributed by atoms with Crippen LogP contribution < -0.4 is 5.73 Å². The lowest BCUT2D eigenvalue weighted by molar-refractivity contribution is -0.136. The van der Waals surface area contributed by atoms with E-state index in [1.807, 2.05) is 0 Å². The number of alkyl halides is 3. The second-order valence-corrected chi connectivity index (χ2v) is 3.46. The van der Waals surface area contributed by atoms with Crippen LogP contribution in [0.1, 0.15) is 24.4 Å². The first-order valence-electron chi connectivity index (χ1n) is 4.60. The van der Waals surface area contributed by atoms with Gasteiger partial charge >= 0.3 is 6.18 Å². The minimum atomic E-state index is -4.30. The molecule has 0 spiro atoms. The number of phenols is 1. The molecule has 1 atom stereocenters. The summed E-state index contributed by atoms with van der Waals surface area (Å²) < 4.78 is 48.6. The van der Waals surface area contributed by atoms with Crippen LogP contribution in [0, 0.1) is 5.82 Å². The zero-order chi connectivity index (χ0) is 12.3. The topological polar surface area (TPSA) is 46.2 Å². The zero-order valence-electron chi connectivity index (χ0n) is 8.26. The zero-order valence-corrected chi connectivity index (χ0v) is 8.26. The lowest BCUT2D eigenvalue weighted by Gasteiger charge is -2.14. The Balaban J connectivity index is 2.73. The highest BCUT2D eigenvalue weighted by molar-refractivity contribution is 5.34. The molecule has 0 radical (unpaired) electrons. The van der Waals surface area contributed by atoms with Crippen molar-refractivity contribution in [1.29, 1.82) is 0 Å². The third-order valence-corrected chi connectivity index (χ3v) is 2.13.